The van der Waals surface area contributed by atoms with Gasteiger partial charge in [-0.05, 0) is 0 Å². The van der Waals surface area contributed by atoms with Crippen LogP contribution in [0.3, 0.4) is 0 Å². The summed E-state index contributed by atoms with van der Waals surface area (Å²) in [5, 5.41) is 0. The first-order valence-corrected chi connectivity index (χ1v) is 4.29. The molecule has 0 radical (unpaired) electrons. The van der Waals surface area contributed by atoms with Crippen LogP contribution in [0.2, 0.25) is 0 Å². The van der Waals surface area contributed by atoms with E-state index in [1.54, 1.807) is 20.8 Å². The molecule has 0 saturated carbocycles. The fourth-order valence-electron chi connectivity index (χ4n) is 0.321. The molecule has 0 fully saturated rings. The molecule has 0 bridgehead atoms. The second kappa shape index (κ2) is 72.9. The van der Waals surface area contributed by atoms with Gasteiger partial charge in [-0.25, -0.2) is 12.1 Å². The van der Waals surface area contributed by atoms with Gasteiger partial charge >= 0.3 is 0 Å². The van der Waals surface area contributed by atoms with Gasteiger partial charge in [-0.2, -0.15) is 46.0 Å². The first-order valence-electron chi connectivity index (χ1n) is 4.29. The fraction of sp³-hybridized carbons (Fsp3) is 0.333. The van der Waals surface area contributed by atoms with Gasteiger partial charge in [0.1, 0.15) is 0 Å². The summed E-state index contributed by atoms with van der Waals surface area (Å²) in [4.78, 5) is 0. The van der Waals surface area contributed by atoms with Gasteiger partial charge < -0.3 is 26.5 Å². The second-order valence-corrected chi connectivity index (χ2v) is 0.962. The maximum atomic E-state index is 5.75. The van der Waals surface area contributed by atoms with Crippen LogP contribution in [-0.2, 0) is 25.8 Å². The molecule has 0 unspecified atom stereocenters. The van der Waals surface area contributed by atoms with Crippen molar-refractivity contribution in [1.29, 1.82) is 0 Å². The zero-order chi connectivity index (χ0) is 11.5. The summed E-state index contributed by atoms with van der Waals surface area (Å²) >= 11 is 0. The van der Waals surface area contributed by atoms with Crippen molar-refractivity contribution in [3.05, 3.63) is 56.8 Å². The number of rotatable bonds is 0. The van der Waals surface area contributed by atoms with Gasteiger partial charge in [0.15, 0.2) is 0 Å². The summed E-state index contributed by atoms with van der Waals surface area (Å²) in [6.45, 7) is 15.0. The molecule has 0 aliphatic rings. The summed E-state index contributed by atoms with van der Waals surface area (Å²) < 4.78 is 0. The third kappa shape index (κ3) is 56.7. The molecule has 2 heteroatoms. The molecular formula is C12H24HfN-5. The Morgan fingerprint density at radius 1 is 0.786 bits per heavy atom. The van der Waals surface area contributed by atoms with Crippen molar-refractivity contribution in [3.8, 4) is 0 Å². The van der Waals surface area contributed by atoms with Gasteiger partial charge in [-0.15, -0.1) is 0 Å². The monoisotopic (exact) mass is 362 g/mol. The summed E-state index contributed by atoms with van der Waals surface area (Å²) in [5.74, 6) is 0. The molecule has 1 N–H and O–H groups in total. The van der Waals surface area contributed by atoms with E-state index in [1.165, 1.54) is 7.05 Å². The summed E-state index contributed by atoms with van der Waals surface area (Å²) in [6, 6.07) is 10.0. The molecule has 0 saturated heterocycles. The average molecular weight is 361 g/mol. The zero-order valence-corrected chi connectivity index (χ0v) is 13.6. The van der Waals surface area contributed by atoms with Crippen molar-refractivity contribution in [2.24, 2.45) is 0 Å². The Labute approximate surface area is 110 Å². The summed E-state index contributed by atoms with van der Waals surface area (Å²) in [6.07, 6.45) is 0. The minimum atomic E-state index is 0. The van der Waals surface area contributed by atoms with Crippen LogP contribution < -0.4 is 0 Å². The number of hydrogen-bond acceptors (Lipinski definition) is 0. The number of hydrogen-bond donors (Lipinski definition) is 0. The van der Waals surface area contributed by atoms with Crippen LogP contribution in [0.4, 0.5) is 0 Å². The van der Waals surface area contributed by atoms with Crippen LogP contribution in [-0.4, -0.2) is 7.05 Å². The first-order chi connectivity index (χ1) is 6.50. The van der Waals surface area contributed by atoms with Gasteiger partial charge in [0.25, 0.3) is 0 Å². The Balaban J connectivity index is -0.0000000267. The number of nitrogens with one attached hydrogen (secondary N) is 1. The van der Waals surface area contributed by atoms with E-state index in [1.807, 2.05) is 30.3 Å². The van der Waals surface area contributed by atoms with Gasteiger partial charge in [-0.1, -0.05) is 0 Å². The molecule has 0 atom stereocenters. The van der Waals surface area contributed by atoms with E-state index < -0.39 is 0 Å². The quantitative estimate of drug-likeness (QED) is 0.477. The Morgan fingerprint density at radius 3 is 1.07 bits per heavy atom. The maximum Gasteiger partial charge on any atom is 0 e. The third-order valence-electron chi connectivity index (χ3n) is 0.556. The van der Waals surface area contributed by atoms with Gasteiger partial charge in [0, 0.05) is 25.8 Å². The van der Waals surface area contributed by atoms with Gasteiger partial charge in [0.05, 0.1) is 0 Å². The Morgan fingerprint density at radius 2 is 1.00 bits per heavy atom. The Hall–Kier alpha value is 0.180. The third-order valence-corrected chi connectivity index (χ3v) is 0.556. The van der Waals surface area contributed by atoms with Crippen LogP contribution in [0.1, 0.15) is 20.8 Å². The van der Waals surface area contributed by atoms with Crippen molar-refractivity contribution in [2.45, 2.75) is 20.8 Å². The molecule has 0 aliphatic heterocycles. The summed E-state index contributed by atoms with van der Waals surface area (Å²) in [7, 11) is 1.25. The molecule has 0 aromatic heterocycles. The van der Waals surface area contributed by atoms with Crippen molar-refractivity contribution in [1.82, 2.24) is 0 Å². The SMILES string of the molecule is C[NH-].[CH2-]C.[CH2-]C.[CH2-]C.[Hf].c1cc[cH-]c1. The Bertz CT molecular complexity index is 66.8. The van der Waals surface area contributed by atoms with E-state index in [0.717, 1.165) is 0 Å². The largest absolute Gasteiger partial charge is 0.680 e. The van der Waals surface area contributed by atoms with E-state index in [-0.39, 0.29) is 25.8 Å². The van der Waals surface area contributed by atoms with E-state index in [9.17, 15) is 0 Å². The van der Waals surface area contributed by atoms with E-state index in [2.05, 4.69) is 20.8 Å². The topological polar surface area (TPSA) is 23.8 Å². The molecule has 86 valence electrons. The molecule has 0 spiro atoms. The molecule has 0 amide bonds. The minimum absolute atomic E-state index is 0. The van der Waals surface area contributed by atoms with E-state index in [4.69, 9.17) is 5.73 Å². The molecule has 0 aliphatic carbocycles. The van der Waals surface area contributed by atoms with Crippen LogP contribution >= 0.6 is 0 Å². The zero-order valence-electron chi connectivity index (χ0n) is 10.0. The normalized spacial score (nSPS) is 4.57. The summed E-state index contributed by atoms with van der Waals surface area (Å²) in [5.41, 5.74) is 5.75. The first kappa shape index (κ1) is 29.2. The van der Waals surface area contributed by atoms with E-state index in [0.29, 0.717) is 0 Å². The smallest absolute Gasteiger partial charge is 0 e. The van der Waals surface area contributed by atoms with E-state index >= 15 is 0 Å². The fourth-order valence-corrected chi connectivity index (χ4v) is 0.321. The van der Waals surface area contributed by atoms with Crippen molar-refractivity contribution in [3.63, 3.8) is 0 Å². The van der Waals surface area contributed by atoms with Crippen LogP contribution in [0.15, 0.2) is 30.3 Å². The standard InChI is InChI=1S/C5H5.3C2H5.CH4N.Hf/c1-2-4-5-3-1;4*1-2;/h1-5H;3*1H2,2H3;2H,1H3;/q5*-1;. The second-order valence-electron chi connectivity index (χ2n) is 0.962. The average Bonchev–Trinajstić information content (AvgIpc) is 2.87. The molecule has 1 aromatic carbocycles. The van der Waals surface area contributed by atoms with Crippen molar-refractivity contribution in [2.75, 3.05) is 7.05 Å². The van der Waals surface area contributed by atoms with Gasteiger partial charge in [0.2, 0.25) is 0 Å². The molecule has 1 nitrogen and oxygen atoms in total. The molecule has 1 aromatic rings. The maximum absolute atomic E-state index is 5.75. The predicted octanol–water partition coefficient (Wildman–Crippen LogP) is 4.59. The van der Waals surface area contributed by atoms with Crippen molar-refractivity contribution >= 4 is 0 Å². The molecule has 0 heterocycles. The van der Waals surface area contributed by atoms with Crippen LogP contribution in [0, 0.1) is 20.8 Å². The predicted molar refractivity (Wildman–Crippen MR) is 65.4 cm³/mol. The van der Waals surface area contributed by atoms with Crippen LogP contribution in [0.5, 0.6) is 0 Å². The minimum Gasteiger partial charge on any atom is -0.680 e. The molecule has 14 heavy (non-hydrogen) atoms. The van der Waals surface area contributed by atoms with Gasteiger partial charge in [-0.3, -0.25) is 0 Å². The molecular weight excluding hydrogens is 337 g/mol. The van der Waals surface area contributed by atoms with Crippen molar-refractivity contribution < 1.29 is 25.8 Å². The molecule has 1 rings (SSSR count). The Kier molecular flexibility index (Phi) is 152. The van der Waals surface area contributed by atoms with Crippen LogP contribution in [0.25, 0.3) is 5.73 Å².